The van der Waals surface area contributed by atoms with Crippen molar-refractivity contribution in [3.8, 4) is 17.2 Å². The molecule has 0 aliphatic rings. The Morgan fingerprint density at radius 3 is 2.25 bits per heavy atom. The fourth-order valence-electron chi connectivity index (χ4n) is 2.59. The van der Waals surface area contributed by atoms with Gasteiger partial charge in [0.05, 0.1) is 38.4 Å². The number of fused-ring (bicyclic) bond motifs is 1. The van der Waals surface area contributed by atoms with Gasteiger partial charge in [-0.2, -0.15) is 0 Å². The third kappa shape index (κ3) is 3.08. The Hall–Kier alpha value is -2.89. The Balaban J connectivity index is 1.83. The molecule has 0 spiro atoms. The van der Waals surface area contributed by atoms with Gasteiger partial charge in [0, 0.05) is 12.1 Å². The van der Waals surface area contributed by atoms with Gasteiger partial charge in [-0.15, -0.1) is 0 Å². The van der Waals surface area contributed by atoms with Gasteiger partial charge in [-0.3, -0.25) is 0 Å². The molecule has 0 amide bonds. The van der Waals surface area contributed by atoms with E-state index in [1.807, 2.05) is 36.4 Å². The molecule has 0 saturated heterocycles. The molecule has 1 aromatic heterocycles. The highest BCUT2D eigenvalue weighted by atomic mass is 16.5. The van der Waals surface area contributed by atoms with Crippen LogP contribution in [0.25, 0.3) is 11.0 Å². The highest BCUT2D eigenvalue weighted by Crippen LogP contribution is 2.32. The average molecular weight is 327 g/mol. The smallest absolute Gasteiger partial charge is 0.201 e. The van der Waals surface area contributed by atoms with Crippen LogP contribution in [-0.2, 0) is 0 Å². The summed E-state index contributed by atoms with van der Waals surface area (Å²) in [6, 6.07) is 11.8. The average Bonchev–Trinajstić information content (AvgIpc) is 3.01. The fraction of sp³-hybridized carbons (Fsp3) is 0.278. The summed E-state index contributed by atoms with van der Waals surface area (Å²) >= 11 is 0. The quantitative estimate of drug-likeness (QED) is 0.721. The minimum absolute atomic E-state index is 0.0975. The van der Waals surface area contributed by atoms with E-state index >= 15 is 0 Å². The van der Waals surface area contributed by atoms with Gasteiger partial charge in [0.1, 0.15) is 5.75 Å². The van der Waals surface area contributed by atoms with Crippen LogP contribution in [0.15, 0.2) is 36.4 Å². The zero-order valence-electron chi connectivity index (χ0n) is 14.2. The predicted molar refractivity (Wildman–Crippen MR) is 94.2 cm³/mol. The van der Waals surface area contributed by atoms with Gasteiger partial charge < -0.3 is 24.5 Å². The monoisotopic (exact) mass is 327 g/mol. The molecule has 0 fully saturated rings. The summed E-state index contributed by atoms with van der Waals surface area (Å²) < 4.78 is 15.8. The van der Waals surface area contributed by atoms with E-state index in [1.165, 1.54) is 0 Å². The zero-order chi connectivity index (χ0) is 17.1. The number of benzene rings is 2. The zero-order valence-corrected chi connectivity index (χ0v) is 14.2. The second kappa shape index (κ2) is 6.70. The van der Waals surface area contributed by atoms with Gasteiger partial charge in [0.25, 0.3) is 0 Å². The van der Waals surface area contributed by atoms with Crippen LogP contribution < -0.4 is 19.5 Å². The lowest BCUT2D eigenvalue weighted by atomic mass is 10.1. The first-order valence-electron chi connectivity index (χ1n) is 7.67. The molecule has 126 valence electrons. The van der Waals surface area contributed by atoms with Crippen LogP contribution in [-0.4, -0.2) is 31.3 Å². The predicted octanol–water partition coefficient (Wildman–Crippen LogP) is 3.76. The molecule has 6 nitrogen and oxygen atoms in total. The Labute approximate surface area is 140 Å². The number of nitrogens with one attached hydrogen (secondary N) is 2. The van der Waals surface area contributed by atoms with Crippen LogP contribution in [0.2, 0.25) is 0 Å². The fourth-order valence-corrected chi connectivity index (χ4v) is 2.59. The largest absolute Gasteiger partial charge is 0.497 e. The van der Waals surface area contributed by atoms with Crippen molar-refractivity contribution in [2.45, 2.75) is 13.0 Å². The maximum absolute atomic E-state index is 5.32. The number of H-pyrrole nitrogens is 1. The summed E-state index contributed by atoms with van der Waals surface area (Å²) in [5, 5.41) is 3.37. The topological polar surface area (TPSA) is 68.4 Å². The molecule has 0 aliphatic heterocycles. The molecule has 6 heteroatoms. The van der Waals surface area contributed by atoms with E-state index in [0.717, 1.165) is 22.3 Å². The van der Waals surface area contributed by atoms with E-state index in [0.29, 0.717) is 17.4 Å². The van der Waals surface area contributed by atoms with E-state index in [1.54, 1.807) is 21.3 Å². The second-order valence-electron chi connectivity index (χ2n) is 5.45. The van der Waals surface area contributed by atoms with Crippen molar-refractivity contribution in [1.82, 2.24) is 9.97 Å². The number of methoxy groups -OCH3 is 3. The van der Waals surface area contributed by atoms with Crippen LogP contribution >= 0.6 is 0 Å². The minimum atomic E-state index is 0.0975. The molecule has 0 saturated carbocycles. The Morgan fingerprint density at radius 2 is 1.62 bits per heavy atom. The van der Waals surface area contributed by atoms with Crippen molar-refractivity contribution < 1.29 is 14.2 Å². The standard InChI is InChI=1S/C18H21N3O3/c1-11(12-5-7-13(22-2)8-6-12)19-18-20-14-9-16(23-3)17(24-4)10-15(14)21-18/h5-11H,1-4H3,(H2,19,20,21). The lowest BCUT2D eigenvalue weighted by molar-refractivity contribution is 0.356. The van der Waals surface area contributed by atoms with Gasteiger partial charge in [-0.1, -0.05) is 12.1 Å². The van der Waals surface area contributed by atoms with Crippen molar-refractivity contribution in [3.05, 3.63) is 42.0 Å². The molecular weight excluding hydrogens is 306 g/mol. The van der Waals surface area contributed by atoms with Crippen LogP contribution in [0.3, 0.4) is 0 Å². The first-order chi connectivity index (χ1) is 11.6. The van der Waals surface area contributed by atoms with Crippen LogP contribution in [0.1, 0.15) is 18.5 Å². The summed E-state index contributed by atoms with van der Waals surface area (Å²) in [5.41, 5.74) is 2.85. The van der Waals surface area contributed by atoms with Crippen LogP contribution in [0, 0.1) is 0 Å². The summed E-state index contributed by atoms with van der Waals surface area (Å²) in [5.74, 6) is 2.87. The number of aromatic amines is 1. The van der Waals surface area contributed by atoms with E-state index in [4.69, 9.17) is 14.2 Å². The Morgan fingerprint density at radius 1 is 0.958 bits per heavy atom. The molecule has 1 heterocycles. The van der Waals surface area contributed by atoms with Crippen molar-refractivity contribution in [2.24, 2.45) is 0 Å². The van der Waals surface area contributed by atoms with Gasteiger partial charge >= 0.3 is 0 Å². The first-order valence-corrected chi connectivity index (χ1v) is 7.67. The number of ether oxygens (including phenoxy) is 3. The molecule has 3 aromatic rings. The van der Waals surface area contributed by atoms with Crippen LogP contribution in [0.5, 0.6) is 17.2 Å². The number of hydrogen-bond acceptors (Lipinski definition) is 5. The van der Waals surface area contributed by atoms with Gasteiger partial charge in [0.15, 0.2) is 11.5 Å². The molecule has 0 bridgehead atoms. The molecule has 24 heavy (non-hydrogen) atoms. The molecule has 2 aromatic carbocycles. The number of nitrogens with zero attached hydrogens (tertiary/aromatic N) is 1. The maximum Gasteiger partial charge on any atom is 0.201 e. The normalized spacial score (nSPS) is 12.0. The maximum atomic E-state index is 5.32. The highest BCUT2D eigenvalue weighted by Gasteiger charge is 2.12. The van der Waals surface area contributed by atoms with E-state index in [9.17, 15) is 0 Å². The Bertz CT molecular complexity index is 786. The van der Waals surface area contributed by atoms with Crippen molar-refractivity contribution >= 4 is 17.0 Å². The molecule has 3 rings (SSSR count). The highest BCUT2D eigenvalue weighted by molar-refractivity contribution is 5.81. The van der Waals surface area contributed by atoms with E-state index in [2.05, 4.69) is 22.2 Å². The molecule has 0 aliphatic carbocycles. The van der Waals surface area contributed by atoms with Gasteiger partial charge in [0.2, 0.25) is 5.95 Å². The molecule has 2 N–H and O–H groups in total. The van der Waals surface area contributed by atoms with Crippen molar-refractivity contribution in [1.29, 1.82) is 0 Å². The number of aromatic nitrogens is 2. The number of rotatable bonds is 6. The lowest BCUT2D eigenvalue weighted by Gasteiger charge is -2.13. The number of imidazole rings is 1. The van der Waals surface area contributed by atoms with Crippen LogP contribution in [0.4, 0.5) is 5.95 Å². The van der Waals surface area contributed by atoms with Crippen molar-refractivity contribution in [3.63, 3.8) is 0 Å². The SMILES string of the molecule is COc1ccc(C(C)Nc2nc3cc(OC)c(OC)cc3[nH]2)cc1. The molecule has 1 atom stereocenters. The molecular formula is C18H21N3O3. The minimum Gasteiger partial charge on any atom is -0.497 e. The third-order valence-electron chi connectivity index (χ3n) is 3.96. The van der Waals surface area contributed by atoms with Crippen molar-refractivity contribution in [2.75, 3.05) is 26.6 Å². The second-order valence-corrected chi connectivity index (χ2v) is 5.45. The van der Waals surface area contributed by atoms with E-state index < -0.39 is 0 Å². The van der Waals surface area contributed by atoms with E-state index in [-0.39, 0.29) is 6.04 Å². The summed E-state index contributed by atoms with van der Waals surface area (Å²) in [7, 11) is 4.89. The summed E-state index contributed by atoms with van der Waals surface area (Å²) in [6.45, 7) is 2.08. The third-order valence-corrected chi connectivity index (χ3v) is 3.96. The molecule has 1 unspecified atom stereocenters. The first kappa shape index (κ1) is 16.0. The summed E-state index contributed by atoms with van der Waals surface area (Å²) in [4.78, 5) is 7.83. The van der Waals surface area contributed by atoms with Gasteiger partial charge in [-0.05, 0) is 24.6 Å². The number of hydrogen-bond donors (Lipinski definition) is 2. The number of anilines is 1. The molecule has 0 radical (unpaired) electrons. The Kier molecular flexibility index (Phi) is 4.46. The van der Waals surface area contributed by atoms with Gasteiger partial charge in [-0.25, -0.2) is 4.98 Å². The summed E-state index contributed by atoms with van der Waals surface area (Å²) in [6.07, 6.45) is 0. The lowest BCUT2D eigenvalue weighted by Crippen LogP contribution is -2.07.